The van der Waals surface area contributed by atoms with Gasteiger partial charge in [0.15, 0.2) is 0 Å². The molecule has 1 aliphatic rings. The molecule has 0 radical (unpaired) electrons. The molecule has 1 aromatic carbocycles. The molecule has 22 heavy (non-hydrogen) atoms. The van der Waals surface area contributed by atoms with Crippen LogP contribution in [0.2, 0.25) is 0 Å². The Bertz CT molecular complexity index is 524. The Morgan fingerprint density at radius 3 is 2.77 bits per heavy atom. The van der Waals surface area contributed by atoms with Gasteiger partial charge in [-0.25, -0.2) is 0 Å². The van der Waals surface area contributed by atoms with Crippen molar-refractivity contribution in [3.63, 3.8) is 0 Å². The third kappa shape index (κ3) is 4.31. The van der Waals surface area contributed by atoms with Gasteiger partial charge in [-0.2, -0.15) is 0 Å². The number of para-hydroxylation sites is 1. The summed E-state index contributed by atoms with van der Waals surface area (Å²) in [7, 11) is 0. The normalized spacial score (nSPS) is 17.3. The highest BCUT2D eigenvalue weighted by Crippen LogP contribution is 2.16. The Labute approximate surface area is 131 Å². The summed E-state index contributed by atoms with van der Waals surface area (Å²) in [6.45, 7) is 5.21. The minimum Gasteiger partial charge on any atom is -0.368 e. The summed E-state index contributed by atoms with van der Waals surface area (Å²) in [5.74, 6) is -0.242. The van der Waals surface area contributed by atoms with Crippen molar-refractivity contribution >= 4 is 17.5 Å². The number of anilines is 1. The summed E-state index contributed by atoms with van der Waals surface area (Å²) in [6.07, 6.45) is 2.10. The van der Waals surface area contributed by atoms with Crippen LogP contribution in [0.15, 0.2) is 24.3 Å². The molecule has 0 aromatic heterocycles. The van der Waals surface area contributed by atoms with Crippen molar-refractivity contribution in [2.45, 2.75) is 39.2 Å². The summed E-state index contributed by atoms with van der Waals surface area (Å²) in [6, 6.07) is 7.61. The molecule has 1 saturated heterocycles. The Kier molecular flexibility index (Phi) is 5.95. The molecule has 0 aliphatic carbocycles. The Hall–Kier alpha value is -1.88. The number of hydrogen-bond donors (Lipinski definition) is 1. The highest BCUT2D eigenvalue weighted by Gasteiger charge is 2.28. The van der Waals surface area contributed by atoms with E-state index in [1.807, 2.05) is 38.1 Å². The van der Waals surface area contributed by atoms with Crippen LogP contribution in [0.5, 0.6) is 0 Å². The van der Waals surface area contributed by atoms with Crippen LogP contribution >= 0.6 is 0 Å². The van der Waals surface area contributed by atoms with E-state index in [1.165, 1.54) is 0 Å². The van der Waals surface area contributed by atoms with Gasteiger partial charge in [0.2, 0.25) is 5.91 Å². The highest BCUT2D eigenvalue weighted by molar-refractivity contribution is 5.95. The summed E-state index contributed by atoms with van der Waals surface area (Å²) in [5, 5.41) is 2.87. The minimum absolute atomic E-state index is 0.0701. The zero-order valence-electron chi connectivity index (χ0n) is 13.3. The first kappa shape index (κ1) is 16.5. The van der Waals surface area contributed by atoms with Gasteiger partial charge >= 0.3 is 0 Å². The fraction of sp³-hybridized carbons (Fsp3) is 0.529. The number of ether oxygens (including phenoxy) is 1. The average Bonchev–Trinajstić information content (AvgIpc) is 3.03. The number of carbonyl (C=O) groups is 2. The summed E-state index contributed by atoms with van der Waals surface area (Å²) < 4.78 is 5.44. The maximum atomic E-state index is 12.4. The van der Waals surface area contributed by atoms with E-state index in [1.54, 1.807) is 4.90 Å². The maximum Gasteiger partial charge on any atom is 0.252 e. The van der Waals surface area contributed by atoms with Crippen LogP contribution in [-0.4, -0.2) is 42.5 Å². The summed E-state index contributed by atoms with van der Waals surface area (Å²) in [5.41, 5.74) is 1.79. The van der Waals surface area contributed by atoms with Gasteiger partial charge in [0.05, 0.1) is 6.54 Å². The SMILES string of the molecule is CCCN(CC(=O)Nc1ccccc1C)C(=O)C1CCCO1. The molecular weight excluding hydrogens is 280 g/mol. The van der Waals surface area contributed by atoms with Crippen LogP contribution in [0.1, 0.15) is 31.7 Å². The molecule has 1 aromatic rings. The van der Waals surface area contributed by atoms with Gasteiger partial charge in [0.25, 0.3) is 5.91 Å². The Balaban J connectivity index is 1.96. The molecule has 0 bridgehead atoms. The smallest absolute Gasteiger partial charge is 0.252 e. The Morgan fingerprint density at radius 2 is 2.14 bits per heavy atom. The molecule has 120 valence electrons. The largest absolute Gasteiger partial charge is 0.368 e. The molecule has 1 atom stereocenters. The van der Waals surface area contributed by atoms with E-state index in [9.17, 15) is 9.59 Å². The second-order valence-electron chi connectivity index (χ2n) is 5.62. The van der Waals surface area contributed by atoms with E-state index in [0.29, 0.717) is 13.2 Å². The van der Waals surface area contributed by atoms with Crippen LogP contribution in [-0.2, 0) is 14.3 Å². The lowest BCUT2D eigenvalue weighted by atomic mass is 10.2. The third-order valence-corrected chi connectivity index (χ3v) is 3.76. The second-order valence-corrected chi connectivity index (χ2v) is 5.62. The van der Waals surface area contributed by atoms with Crippen LogP contribution in [0.3, 0.4) is 0 Å². The molecule has 5 heteroatoms. The van der Waals surface area contributed by atoms with Crippen LogP contribution in [0.4, 0.5) is 5.69 Å². The first-order valence-corrected chi connectivity index (χ1v) is 7.87. The monoisotopic (exact) mass is 304 g/mol. The van der Waals surface area contributed by atoms with Crippen molar-refractivity contribution in [3.8, 4) is 0 Å². The van der Waals surface area contributed by atoms with E-state index in [-0.39, 0.29) is 24.5 Å². The zero-order valence-corrected chi connectivity index (χ0v) is 13.3. The fourth-order valence-electron chi connectivity index (χ4n) is 2.59. The van der Waals surface area contributed by atoms with E-state index in [0.717, 1.165) is 30.5 Å². The number of hydrogen-bond acceptors (Lipinski definition) is 3. The molecular formula is C17H24N2O3. The van der Waals surface area contributed by atoms with Gasteiger partial charge in [-0.1, -0.05) is 25.1 Å². The maximum absolute atomic E-state index is 12.4. The summed E-state index contributed by atoms with van der Waals surface area (Å²) >= 11 is 0. The molecule has 1 unspecified atom stereocenters. The molecule has 1 aliphatic heterocycles. The number of nitrogens with one attached hydrogen (secondary N) is 1. The van der Waals surface area contributed by atoms with Gasteiger partial charge < -0.3 is 15.0 Å². The van der Waals surface area contributed by atoms with Crippen molar-refractivity contribution < 1.29 is 14.3 Å². The van der Waals surface area contributed by atoms with Gasteiger partial charge in [-0.05, 0) is 37.8 Å². The van der Waals surface area contributed by atoms with E-state index < -0.39 is 0 Å². The lowest BCUT2D eigenvalue weighted by molar-refractivity contribution is -0.143. The quantitative estimate of drug-likeness (QED) is 0.877. The van der Waals surface area contributed by atoms with Crippen molar-refractivity contribution in [2.75, 3.05) is 25.0 Å². The number of amides is 2. The highest BCUT2D eigenvalue weighted by atomic mass is 16.5. The number of benzene rings is 1. The Morgan fingerprint density at radius 1 is 1.36 bits per heavy atom. The molecule has 1 N–H and O–H groups in total. The predicted molar refractivity (Wildman–Crippen MR) is 85.7 cm³/mol. The minimum atomic E-state index is -0.377. The molecule has 2 rings (SSSR count). The topological polar surface area (TPSA) is 58.6 Å². The van der Waals surface area contributed by atoms with Crippen LogP contribution in [0, 0.1) is 6.92 Å². The lowest BCUT2D eigenvalue weighted by Crippen LogP contribution is -2.43. The first-order valence-electron chi connectivity index (χ1n) is 7.87. The number of aryl methyl sites for hydroxylation is 1. The van der Waals surface area contributed by atoms with Gasteiger partial charge in [0.1, 0.15) is 6.10 Å². The van der Waals surface area contributed by atoms with Gasteiger partial charge in [-0.15, -0.1) is 0 Å². The van der Waals surface area contributed by atoms with Crippen molar-refractivity contribution in [3.05, 3.63) is 29.8 Å². The van der Waals surface area contributed by atoms with Gasteiger partial charge in [-0.3, -0.25) is 9.59 Å². The second kappa shape index (κ2) is 7.94. The molecule has 1 heterocycles. The average molecular weight is 304 g/mol. The molecule has 0 saturated carbocycles. The van der Waals surface area contributed by atoms with Crippen molar-refractivity contribution in [2.24, 2.45) is 0 Å². The molecule has 1 fully saturated rings. The van der Waals surface area contributed by atoms with Crippen molar-refractivity contribution in [1.82, 2.24) is 4.90 Å². The predicted octanol–water partition coefficient (Wildman–Crippen LogP) is 2.35. The van der Waals surface area contributed by atoms with Crippen LogP contribution in [0.25, 0.3) is 0 Å². The van der Waals surface area contributed by atoms with Crippen molar-refractivity contribution in [1.29, 1.82) is 0 Å². The zero-order chi connectivity index (χ0) is 15.9. The van der Waals surface area contributed by atoms with Gasteiger partial charge in [0, 0.05) is 18.8 Å². The lowest BCUT2D eigenvalue weighted by Gasteiger charge is -2.24. The fourth-order valence-corrected chi connectivity index (χ4v) is 2.59. The summed E-state index contributed by atoms with van der Waals surface area (Å²) in [4.78, 5) is 26.2. The standard InChI is InChI=1S/C17H24N2O3/c1-3-10-19(17(21)15-9-6-11-22-15)12-16(20)18-14-8-5-4-7-13(14)2/h4-5,7-8,15H,3,6,9-12H2,1-2H3,(H,18,20). The first-order chi connectivity index (χ1) is 10.6. The number of nitrogens with zero attached hydrogens (tertiary/aromatic N) is 1. The number of rotatable bonds is 6. The van der Waals surface area contributed by atoms with E-state index in [2.05, 4.69) is 5.32 Å². The van der Waals surface area contributed by atoms with E-state index >= 15 is 0 Å². The molecule has 2 amide bonds. The van der Waals surface area contributed by atoms with Crippen LogP contribution < -0.4 is 5.32 Å². The number of carbonyl (C=O) groups excluding carboxylic acids is 2. The molecule has 5 nitrogen and oxygen atoms in total. The third-order valence-electron chi connectivity index (χ3n) is 3.76. The van der Waals surface area contributed by atoms with E-state index in [4.69, 9.17) is 4.74 Å². The molecule has 0 spiro atoms.